The molecule has 1 fully saturated rings. The van der Waals surface area contributed by atoms with Gasteiger partial charge in [-0.25, -0.2) is 0 Å². The topological polar surface area (TPSA) is 84.2 Å². The van der Waals surface area contributed by atoms with E-state index in [1.54, 1.807) is 6.92 Å². The molecule has 1 aromatic rings. The van der Waals surface area contributed by atoms with Gasteiger partial charge in [0.15, 0.2) is 5.78 Å². The predicted molar refractivity (Wildman–Crippen MR) is 50.2 cm³/mol. The monoisotopic (exact) mass is 209 g/mol. The van der Waals surface area contributed by atoms with Gasteiger partial charge in [0.1, 0.15) is 12.3 Å². The normalized spacial score (nSPS) is 26.1. The average molecular weight is 209 g/mol. The number of amides is 1. The summed E-state index contributed by atoms with van der Waals surface area (Å²) in [4.78, 5) is 23.1. The van der Waals surface area contributed by atoms with Crippen molar-refractivity contribution in [3.8, 4) is 0 Å². The van der Waals surface area contributed by atoms with Gasteiger partial charge in [-0.3, -0.25) is 9.59 Å². The number of nitrogens with zero attached hydrogens (tertiary/aromatic N) is 1. The zero-order chi connectivity index (χ0) is 10.8. The van der Waals surface area contributed by atoms with Crippen molar-refractivity contribution in [3.63, 3.8) is 0 Å². The second kappa shape index (κ2) is 3.82. The molecule has 0 radical (unpaired) electrons. The Morgan fingerprint density at radius 1 is 1.67 bits per heavy atom. The van der Waals surface area contributed by atoms with Crippen molar-refractivity contribution in [1.29, 1.82) is 0 Å². The number of Topliss-reactive ketones (excluding diaryl/α,β-unsaturated/α-hetero) is 1. The highest BCUT2D eigenvalue weighted by atomic mass is 16.5. The van der Waals surface area contributed by atoms with Crippen LogP contribution in [0.3, 0.4) is 0 Å². The summed E-state index contributed by atoms with van der Waals surface area (Å²) < 4.78 is 4.57. The van der Waals surface area contributed by atoms with Crippen LogP contribution in [0.2, 0.25) is 0 Å². The van der Waals surface area contributed by atoms with Gasteiger partial charge in [-0.2, -0.15) is 0 Å². The molecular weight excluding hydrogens is 198 g/mol. The summed E-state index contributed by atoms with van der Waals surface area (Å²) in [6, 6.07) is -0.787. The van der Waals surface area contributed by atoms with Crippen molar-refractivity contribution in [2.24, 2.45) is 0 Å². The molecule has 1 aromatic heterocycles. The minimum absolute atomic E-state index is 0.170. The number of carbonyl (C=O) groups excluding carboxylic acids is 2. The van der Waals surface area contributed by atoms with Gasteiger partial charge >= 0.3 is 0 Å². The van der Waals surface area contributed by atoms with Crippen molar-refractivity contribution >= 4 is 11.7 Å². The van der Waals surface area contributed by atoms with Crippen molar-refractivity contribution in [2.75, 3.05) is 6.54 Å². The predicted octanol–water partition coefficient (Wildman–Crippen LogP) is -0.666. The van der Waals surface area contributed by atoms with E-state index in [0.717, 1.165) is 0 Å². The Labute approximate surface area is 86.0 Å². The molecule has 2 heterocycles. The van der Waals surface area contributed by atoms with Gasteiger partial charge in [-0.1, -0.05) is 5.16 Å². The molecule has 80 valence electrons. The van der Waals surface area contributed by atoms with E-state index in [1.807, 2.05) is 0 Å². The highest BCUT2D eigenvalue weighted by molar-refractivity contribution is 6.02. The fraction of sp³-hybridized carbons (Fsp3) is 0.444. The van der Waals surface area contributed by atoms with Gasteiger partial charge in [0.25, 0.3) is 0 Å². The maximum atomic E-state index is 11.8. The van der Waals surface area contributed by atoms with Gasteiger partial charge in [0.2, 0.25) is 5.91 Å². The third-order valence-electron chi connectivity index (χ3n) is 2.37. The van der Waals surface area contributed by atoms with Crippen molar-refractivity contribution in [2.45, 2.75) is 19.0 Å². The van der Waals surface area contributed by atoms with Gasteiger partial charge in [-0.05, 0) is 6.92 Å². The lowest BCUT2D eigenvalue weighted by molar-refractivity contribution is -0.124. The Hall–Kier alpha value is -1.69. The van der Waals surface area contributed by atoms with Crippen LogP contribution in [0.5, 0.6) is 0 Å². The minimum Gasteiger partial charge on any atom is -0.364 e. The lowest BCUT2D eigenvalue weighted by atomic mass is 10.0. The molecule has 0 spiro atoms. The van der Waals surface area contributed by atoms with E-state index in [0.29, 0.717) is 12.1 Å². The first-order chi connectivity index (χ1) is 7.18. The first-order valence-corrected chi connectivity index (χ1v) is 4.66. The smallest absolute Gasteiger partial charge is 0.237 e. The van der Waals surface area contributed by atoms with Crippen LogP contribution in [0.15, 0.2) is 17.0 Å². The summed E-state index contributed by atoms with van der Waals surface area (Å²) in [5.74, 6) is -0.361. The molecule has 2 rings (SSSR count). The van der Waals surface area contributed by atoms with Crippen LogP contribution in [-0.4, -0.2) is 35.5 Å². The zero-order valence-electron chi connectivity index (χ0n) is 8.19. The zero-order valence-corrected chi connectivity index (χ0v) is 8.19. The number of nitrogens with one attached hydrogen (secondary N) is 2. The molecule has 6 heteroatoms. The van der Waals surface area contributed by atoms with Gasteiger partial charge in [-0.15, -0.1) is 0 Å². The standard InChI is InChI=1S/C9H11N3O3/c1-5-9(14)12-7(3-10-5)8(13)6-2-11-15-4-6/h2,4-5,7,10H,3H2,1H3,(H,12,14)/t5-,7?/m0/s1. The van der Waals surface area contributed by atoms with Gasteiger partial charge < -0.3 is 15.2 Å². The third kappa shape index (κ3) is 1.89. The van der Waals surface area contributed by atoms with Crippen molar-refractivity contribution in [1.82, 2.24) is 15.8 Å². The maximum Gasteiger partial charge on any atom is 0.237 e. The number of aromatic nitrogens is 1. The molecule has 0 bridgehead atoms. The molecule has 1 aliphatic rings. The highest BCUT2D eigenvalue weighted by Gasteiger charge is 2.29. The Morgan fingerprint density at radius 3 is 3.07 bits per heavy atom. The van der Waals surface area contributed by atoms with Crippen LogP contribution in [0, 0.1) is 0 Å². The quantitative estimate of drug-likeness (QED) is 0.631. The Balaban J connectivity index is 2.07. The fourth-order valence-electron chi connectivity index (χ4n) is 1.42. The van der Waals surface area contributed by atoms with E-state index in [9.17, 15) is 9.59 Å². The van der Waals surface area contributed by atoms with E-state index in [-0.39, 0.29) is 17.7 Å². The number of rotatable bonds is 2. The largest absolute Gasteiger partial charge is 0.364 e. The van der Waals surface area contributed by atoms with Crippen LogP contribution >= 0.6 is 0 Å². The molecule has 0 aliphatic carbocycles. The second-order valence-corrected chi connectivity index (χ2v) is 3.47. The third-order valence-corrected chi connectivity index (χ3v) is 2.37. The molecule has 1 unspecified atom stereocenters. The number of hydrogen-bond donors (Lipinski definition) is 2. The van der Waals surface area contributed by atoms with Crippen LogP contribution in [0.1, 0.15) is 17.3 Å². The van der Waals surface area contributed by atoms with E-state index in [4.69, 9.17) is 0 Å². The highest BCUT2D eigenvalue weighted by Crippen LogP contribution is 2.05. The number of carbonyl (C=O) groups is 2. The molecule has 6 nitrogen and oxygen atoms in total. The summed E-state index contributed by atoms with van der Waals surface area (Å²) in [5.41, 5.74) is 0.372. The van der Waals surface area contributed by atoms with Crippen LogP contribution in [-0.2, 0) is 4.79 Å². The van der Waals surface area contributed by atoms with Crippen LogP contribution in [0.25, 0.3) is 0 Å². The second-order valence-electron chi connectivity index (χ2n) is 3.47. The van der Waals surface area contributed by atoms with Gasteiger partial charge in [0.05, 0.1) is 17.8 Å². The van der Waals surface area contributed by atoms with E-state index < -0.39 is 6.04 Å². The van der Waals surface area contributed by atoms with Gasteiger partial charge in [0, 0.05) is 6.54 Å². The van der Waals surface area contributed by atoms with Crippen molar-refractivity contribution in [3.05, 3.63) is 18.0 Å². The Kier molecular flexibility index (Phi) is 2.51. The molecule has 0 saturated carbocycles. The maximum absolute atomic E-state index is 11.8. The Morgan fingerprint density at radius 2 is 2.47 bits per heavy atom. The molecule has 2 N–H and O–H groups in total. The number of hydrogen-bond acceptors (Lipinski definition) is 5. The molecule has 1 aliphatic heterocycles. The van der Waals surface area contributed by atoms with E-state index in [1.165, 1.54) is 12.5 Å². The molecule has 1 amide bonds. The average Bonchev–Trinajstić information content (AvgIpc) is 2.74. The summed E-state index contributed by atoms with van der Waals surface area (Å²) in [7, 11) is 0. The molecule has 1 saturated heterocycles. The van der Waals surface area contributed by atoms with Crippen molar-refractivity contribution < 1.29 is 14.1 Å². The summed E-state index contributed by atoms with van der Waals surface area (Å²) >= 11 is 0. The first-order valence-electron chi connectivity index (χ1n) is 4.66. The molecule has 15 heavy (non-hydrogen) atoms. The van der Waals surface area contributed by atoms with Crippen LogP contribution < -0.4 is 10.6 Å². The summed E-state index contributed by atoms with van der Waals surface area (Å²) in [5, 5.41) is 9.02. The van der Waals surface area contributed by atoms with Crippen LogP contribution in [0.4, 0.5) is 0 Å². The first kappa shape index (κ1) is 9.85. The molecular formula is C9H11N3O3. The minimum atomic E-state index is -0.534. The van der Waals surface area contributed by atoms with E-state index in [2.05, 4.69) is 20.3 Å². The lowest BCUT2D eigenvalue weighted by Gasteiger charge is -2.26. The summed E-state index contributed by atoms with van der Waals surface area (Å²) in [6.45, 7) is 2.17. The molecule has 2 atom stereocenters. The SMILES string of the molecule is C[C@@H]1NCC(C(=O)c2cnoc2)NC1=O. The molecule has 0 aromatic carbocycles. The summed E-state index contributed by atoms with van der Waals surface area (Å²) in [6.07, 6.45) is 2.61. The van der Waals surface area contributed by atoms with E-state index >= 15 is 0 Å². The lowest BCUT2D eigenvalue weighted by Crippen LogP contribution is -2.59. The fourth-order valence-corrected chi connectivity index (χ4v) is 1.42. The number of ketones is 1. The Bertz CT molecular complexity index is 374. The number of piperazine rings is 1.